The Morgan fingerprint density at radius 1 is 1.19 bits per heavy atom. The zero-order valence-corrected chi connectivity index (χ0v) is 16.9. The number of nitro benzene ring substituents is 1. The molecule has 0 aromatic heterocycles. The number of ketones is 1. The number of esters is 1. The predicted octanol–water partition coefficient (Wildman–Crippen LogP) is 3.35. The van der Waals surface area contributed by atoms with Gasteiger partial charge >= 0.3 is 5.97 Å². The van der Waals surface area contributed by atoms with Crippen LogP contribution in [0, 0.1) is 10.1 Å². The summed E-state index contributed by atoms with van der Waals surface area (Å²) < 4.78 is 5.10. The summed E-state index contributed by atoms with van der Waals surface area (Å²) >= 11 is 0. The Bertz CT molecular complexity index is 1110. The van der Waals surface area contributed by atoms with Crippen LogP contribution >= 0.6 is 0 Å². The van der Waals surface area contributed by atoms with E-state index in [0.29, 0.717) is 12.0 Å². The molecule has 2 aromatic rings. The van der Waals surface area contributed by atoms with Crippen LogP contribution < -0.4 is 4.74 Å². The molecule has 9 nitrogen and oxygen atoms in total. The summed E-state index contributed by atoms with van der Waals surface area (Å²) in [5.74, 6) is -2.49. The fourth-order valence-corrected chi connectivity index (χ4v) is 3.53. The van der Waals surface area contributed by atoms with E-state index in [1.54, 1.807) is 18.2 Å². The zero-order chi connectivity index (χ0) is 22.7. The van der Waals surface area contributed by atoms with Crippen LogP contribution in [0.3, 0.4) is 0 Å². The van der Waals surface area contributed by atoms with E-state index in [-0.39, 0.29) is 29.1 Å². The molecule has 9 heteroatoms. The molecule has 2 aromatic carbocycles. The number of non-ortho nitro benzene ring substituents is 1. The number of aliphatic hydroxyl groups is 1. The number of aliphatic hydroxyl groups excluding tert-OH is 1. The Morgan fingerprint density at radius 3 is 2.55 bits per heavy atom. The minimum atomic E-state index is -0.935. The molecule has 0 bridgehead atoms. The van der Waals surface area contributed by atoms with Crippen LogP contribution in [0.4, 0.5) is 5.69 Å². The molecule has 1 atom stereocenters. The summed E-state index contributed by atoms with van der Waals surface area (Å²) in [4.78, 5) is 48.7. The van der Waals surface area contributed by atoms with Gasteiger partial charge in [0.25, 0.3) is 17.4 Å². The number of rotatable bonds is 6. The molecule has 160 valence electrons. The van der Waals surface area contributed by atoms with E-state index in [2.05, 4.69) is 0 Å². The van der Waals surface area contributed by atoms with Gasteiger partial charge in [0.2, 0.25) is 0 Å². The van der Waals surface area contributed by atoms with Crippen molar-refractivity contribution in [1.82, 2.24) is 4.90 Å². The van der Waals surface area contributed by atoms with Crippen molar-refractivity contribution in [1.29, 1.82) is 0 Å². The smallest absolute Gasteiger partial charge is 0.308 e. The van der Waals surface area contributed by atoms with Crippen molar-refractivity contribution >= 4 is 29.1 Å². The van der Waals surface area contributed by atoms with Crippen molar-refractivity contribution in [3.8, 4) is 5.75 Å². The standard InChI is InChI=1S/C22H20N2O7/c1-3-10-23-19(14-6-5-9-17(12-14)31-13(2)25)18(21(27)22(23)28)20(26)15-7-4-8-16(11-15)24(29)30/h4-9,11-12,19,26H,3,10H2,1-2H3/b20-18-. The maximum atomic E-state index is 12.8. The lowest BCUT2D eigenvalue weighted by molar-refractivity contribution is -0.384. The average Bonchev–Trinajstić information content (AvgIpc) is 2.98. The van der Waals surface area contributed by atoms with Gasteiger partial charge in [-0.15, -0.1) is 0 Å². The Kier molecular flexibility index (Phi) is 6.15. The maximum Gasteiger partial charge on any atom is 0.308 e. The summed E-state index contributed by atoms with van der Waals surface area (Å²) in [6.07, 6.45) is 0.560. The number of carbonyl (C=O) groups excluding carboxylic acids is 3. The Morgan fingerprint density at radius 2 is 1.90 bits per heavy atom. The van der Waals surface area contributed by atoms with Crippen LogP contribution in [0.25, 0.3) is 5.76 Å². The molecular formula is C22H20N2O7. The first-order valence-electron chi connectivity index (χ1n) is 9.56. The summed E-state index contributed by atoms with van der Waals surface area (Å²) in [7, 11) is 0. The highest BCUT2D eigenvalue weighted by molar-refractivity contribution is 6.46. The molecule has 1 fully saturated rings. The van der Waals surface area contributed by atoms with E-state index in [9.17, 15) is 29.6 Å². The van der Waals surface area contributed by atoms with E-state index in [0.717, 1.165) is 6.07 Å². The fourth-order valence-electron chi connectivity index (χ4n) is 3.53. The average molecular weight is 424 g/mol. The second-order valence-electron chi connectivity index (χ2n) is 6.97. The molecule has 0 spiro atoms. The molecule has 1 unspecified atom stereocenters. The van der Waals surface area contributed by atoms with Crippen molar-refractivity contribution < 1.29 is 29.2 Å². The molecule has 1 amide bonds. The third-order valence-electron chi connectivity index (χ3n) is 4.77. The van der Waals surface area contributed by atoms with Crippen molar-refractivity contribution in [2.75, 3.05) is 6.54 Å². The first-order chi connectivity index (χ1) is 14.7. The van der Waals surface area contributed by atoms with Crippen molar-refractivity contribution in [3.63, 3.8) is 0 Å². The van der Waals surface area contributed by atoms with Crippen LogP contribution in [0.5, 0.6) is 5.75 Å². The van der Waals surface area contributed by atoms with Crippen LogP contribution in [0.15, 0.2) is 54.1 Å². The molecular weight excluding hydrogens is 404 g/mol. The van der Waals surface area contributed by atoms with Gasteiger partial charge in [0.05, 0.1) is 16.5 Å². The van der Waals surface area contributed by atoms with Gasteiger partial charge < -0.3 is 14.7 Å². The number of hydrogen-bond acceptors (Lipinski definition) is 7. The quantitative estimate of drug-likeness (QED) is 0.143. The topological polar surface area (TPSA) is 127 Å². The normalized spacial score (nSPS) is 17.6. The highest BCUT2D eigenvalue weighted by atomic mass is 16.6. The third-order valence-corrected chi connectivity index (χ3v) is 4.77. The molecule has 0 aliphatic carbocycles. The number of likely N-dealkylation sites (tertiary alicyclic amines) is 1. The third kappa shape index (κ3) is 4.30. The molecule has 0 saturated carbocycles. The minimum Gasteiger partial charge on any atom is -0.507 e. The highest BCUT2D eigenvalue weighted by Crippen LogP contribution is 2.40. The summed E-state index contributed by atoms with van der Waals surface area (Å²) in [6, 6.07) is 10.6. The van der Waals surface area contributed by atoms with Crippen LogP contribution in [0.1, 0.15) is 37.4 Å². The molecule has 1 saturated heterocycles. The van der Waals surface area contributed by atoms with Gasteiger partial charge in [-0.25, -0.2) is 0 Å². The lowest BCUT2D eigenvalue weighted by Crippen LogP contribution is -2.30. The maximum absolute atomic E-state index is 12.8. The number of carbonyl (C=O) groups is 3. The van der Waals surface area contributed by atoms with Crippen molar-refractivity contribution in [2.24, 2.45) is 0 Å². The first-order valence-corrected chi connectivity index (χ1v) is 9.56. The lowest BCUT2D eigenvalue weighted by atomic mass is 9.95. The monoisotopic (exact) mass is 424 g/mol. The molecule has 3 rings (SSSR count). The lowest BCUT2D eigenvalue weighted by Gasteiger charge is -2.25. The van der Waals surface area contributed by atoms with Crippen LogP contribution in [-0.2, 0) is 14.4 Å². The second-order valence-corrected chi connectivity index (χ2v) is 6.97. The van der Waals surface area contributed by atoms with Crippen molar-refractivity contribution in [3.05, 3.63) is 75.3 Å². The van der Waals surface area contributed by atoms with Crippen LogP contribution in [0.2, 0.25) is 0 Å². The Labute approximate surface area is 177 Å². The van der Waals surface area contributed by atoms with Gasteiger partial charge in [-0.1, -0.05) is 31.2 Å². The molecule has 1 heterocycles. The van der Waals surface area contributed by atoms with E-state index in [4.69, 9.17) is 4.74 Å². The first kappa shape index (κ1) is 21.7. The van der Waals surface area contributed by atoms with Gasteiger partial charge in [-0.3, -0.25) is 24.5 Å². The molecule has 0 radical (unpaired) electrons. The van der Waals surface area contributed by atoms with Gasteiger partial charge in [-0.2, -0.15) is 0 Å². The van der Waals surface area contributed by atoms with Crippen LogP contribution in [-0.4, -0.2) is 39.1 Å². The SMILES string of the molecule is CCCN1C(=O)C(=O)/C(=C(\O)c2cccc([N+](=O)[O-])c2)C1c1cccc(OC(C)=O)c1. The number of benzene rings is 2. The molecule has 31 heavy (non-hydrogen) atoms. The summed E-state index contributed by atoms with van der Waals surface area (Å²) in [5, 5.41) is 22.0. The number of Topliss-reactive ketones (excluding diaryl/α,β-unsaturated/α-hetero) is 1. The summed E-state index contributed by atoms with van der Waals surface area (Å²) in [5.41, 5.74) is 0.0578. The van der Waals surface area contributed by atoms with Gasteiger partial charge in [0.1, 0.15) is 11.5 Å². The van der Waals surface area contributed by atoms with Gasteiger partial charge in [0, 0.05) is 31.2 Å². The zero-order valence-electron chi connectivity index (χ0n) is 16.9. The number of nitro groups is 1. The van der Waals surface area contributed by atoms with E-state index in [1.807, 2.05) is 6.92 Å². The number of amides is 1. The molecule has 1 aliphatic heterocycles. The number of hydrogen-bond donors (Lipinski definition) is 1. The van der Waals surface area contributed by atoms with Crippen molar-refractivity contribution in [2.45, 2.75) is 26.3 Å². The van der Waals surface area contributed by atoms with Gasteiger partial charge in [0.15, 0.2) is 0 Å². The van der Waals surface area contributed by atoms with E-state index in [1.165, 1.54) is 36.1 Å². The van der Waals surface area contributed by atoms with E-state index < -0.39 is 34.4 Å². The molecule has 1 aliphatic rings. The van der Waals surface area contributed by atoms with Gasteiger partial charge in [-0.05, 0) is 24.1 Å². The predicted molar refractivity (Wildman–Crippen MR) is 110 cm³/mol. The molecule has 1 N–H and O–H groups in total. The largest absolute Gasteiger partial charge is 0.507 e. The summed E-state index contributed by atoms with van der Waals surface area (Å²) in [6.45, 7) is 3.34. The minimum absolute atomic E-state index is 0.0461. The number of nitrogens with zero attached hydrogens (tertiary/aromatic N) is 2. The van der Waals surface area contributed by atoms with E-state index >= 15 is 0 Å². The fraction of sp³-hybridized carbons (Fsp3) is 0.227. The highest BCUT2D eigenvalue weighted by Gasteiger charge is 2.45. The second kappa shape index (κ2) is 8.78. The Balaban J connectivity index is 2.19. The Hall–Kier alpha value is -4.01. The number of ether oxygens (including phenoxy) is 1.